The number of amides is 2. The van der Waals surface area contributed by atoms with Gasteiger partial charge >= 0.3 is 0 Å². The number of rotatable bonds is 7. The SMILES string of the molecule is C=C(C)COc1cccc(C(=O)Nc2cccc(NC(=O)CC)c2)c1. The third-order valence-electron chi connectivity index (χ3n) is 3.31. The van der Waals surface area contributed by atoms with Gasteiger partial charge in [-0.25, -0.2) is 0 Å². The van der Waals surface area contributed by atoms with Crippen molar-refractivity contribution in [2.24, 2.45) is 0 Å². The van der Waals surface area contributed by atoms with Crippen molar-refractivity contribution < 1.29 is 14.3 Å². The molecule has 5 nitrogen and oxygen atoms in total. The first-order valence-corrected chi connectivity index (χ1v) is 8.06. The van der Waals surface area contributed by atoms with E-state index in [1.54, 1.807) is 55.5 Å². The number of benzene rings is 2. The van der Waals surface area contributed by atoms with Gasteiger partial charge in [0.1, 0.15) is 12.4 Å². The van der Waals surface area contributed by atoms with Crippen LogP contribution in [0, 0.1) is 0 Å². The zero-order valence-corrected chi connectivity index (χ0v) is 14.5. The summed E-state index contributed by atoms with van der Waals surface area (Å²) in [5.74, 6) is 0.283. The molecular weight excluding hydrogens is 316 g/mol. The van der Waals surface area contributed by atoms with E-state index in [0.717, 1.165) is 5.57 Å². The van der Waals surface area contributed by atoms with Gasteiger partial charge in [0.2, 0.25) is 5.91 Å². The molecule has 0 aliphatic rings. The van der Waals surface area contributed by atoms with Crippen LogP contribution in [0.4, 0.5) is 11.4 Å². The molecule has 2 rings (SSSR count). The first-order valence-electron chi connectivity index (χ1n) is 8.06. The van der Waals surface area contributed by atoms with Crippen LogP contribution in [-0.2, 0) is 4.79 Å². The van der Waals surface area contributed by atoms with E-state index in [-0.39, 0.29) is 11.8 Å². The van der Waals surface area contributed by atoms with Crippen molar-refractivity contribution in [2.75, 3.05) is 17.2 Å². The summed E-state index contributed by atoms with van der Waals surface area (Å²) in [5.41, 5.74) is 2.64. The molecule has 2 N–H and O–H groups in total. The summed E-state index contributed by atoms with van der Waals surface area (Å²) in [6.07, 6.45) is 0.396. The van der Waals surface area contributed by atoms with Crippen molar-refractivity contribution >= 4 is 23.2 Å². The molecule has 0 saturated carbocycles. The molecule has 0 unspecified atom stereocenters. The number of anilines is 2. The smallest absolute Gasteiger partial charge is 0.255 e. The van der Waals surface area contributed by atoms with E-state index in [1.165, 1.54) is 0 Å². The number of carbonyl (C=O) groups is 2. The van der Waals surface area contributed by atoms with Gasteiger partial charge in [0, 0.05) is 23.4 Å². The lowest BCUT2D eigenvalue weighted by molar-refractivity contribution is -0.115. The molecule has 0 spiro atoms. The standard InChI is InChI=1S/C20H22N2O3/c1-4-19(23)21-16-8-6-9-17(12-16)22-20(24)15-7-5-10-18(11-15)25-13-14(2)3/h5-12H,2,4,13H2,1,3H3,(H,21,23)(H,22,24). The molecule has 2 aromatic rings. The summed E-state index contributed by atoms with van der Waals surface area (Å²) in [6, 6.07) is 14.0. The lowest BCUT2D eigenvalue weighted by atomic mass is 10.2. The molecule has 0 aliphatic carbocycles. The molecule has 0 bridgehead atoms. The van der Waals surface area contributed by atoms with E-state index in [2.05, 4.69) is 17.2 Å². The first-order chi connectivity index (χ1) is 12.0. The van der Waals surface area contributed by atoms with E-state index in [1.807, 2.05) is 6.92 Å². The minimum Gasteiger partial charge on any atom is -0.489 e. The Hall–Kier alpha value is -3.08. The summed E-state index contributed by atoms with van der Waals surface area (Å²) in [5, 5.41) is 5.58. The molecule has 0 radical (unpaired) electrons. The van der Waals surface area contributed by atoms with Crippen LogP contribution in [-0.4, -0.2) is 18.4 Å². The second-order valence-electron chi connectivity index (χ2n) is 5.71. The summed E-state index contributed by atoms with van der Waals surface area (Å²) >= 11 is 0. The number of hydrogen-bond acceptors (Lipinski definition) is 3. The first kappa shape index (κ1) is 18.3. The highest BCUT2D eigenvalue weighted by atomic mass is 16.5. The monoisotopic (exact) mass is 338 g/mol. The quantitative estimate of drug-likeness (QED) is 0.742. The molecule has 0 aromatic heterocycles. The summed E-state index contributed by atoms with van der Waals surface area (Å²) in [4.78, 5) is 23.9. The van der Waals surface area contributed by atoms with Gasteiger partial charge < -0.3 is 15.4 Å². The number of nitrogens with one attached hydrogen (secondary N) is 2. The fourth-order valence-electron chi connectivity index (χ4n) is 2.06. The van der Waals surface area contributed by atoms with Crippen LogP contribution in [0.1, 0.15) is 30.6 Å². The van der Waals surface area contributed by atoms with Crippen molar-refractivity contribution in [3.8, 4) is 5.75 Å². The van der Waals surface area contributed by atoms with Crippen molar-refractivity contribution in [1.82, 2.24) is 0 Å². The molecule has 5 heteroatoms. The zero-order valence-electron chi connectivity index (χ0n) is 14.5. The summed E-state index contributed by atoms with van der Waals surface area (Å²) < 4.78 is 5.56. The van der Waals surface area contributed by atoms with Crippen molar-refractivity contribution in [1.29, 1.82) is 0 Å². The average molecular weight is 338 g/mol. The van der Waals surface area contributed by atoms with Crippen LogP contribution in [0.2, 0.25) is 0 Å². The van der Waals surface area contributed by atoms with Gasteiger partial charge in [-0.05, 0) is 48.9 Å². The predicted molar refractivity (Wildman–Crippen MR) is 100 cm³/mol. The highest BCUT2D eigenvalue weighted by molar-refractivity contribution is 6.05. The van der Waals surface area contributed by atoms with Crippen LogP contribution in [0.5, 0.6) is 5.75 Å². The normalized spacial score (nSPS) is 10.0. The lowest BCUT2D eigenvalue weighted by Crippen LogP contribution is -2.13. The lowest BCUT2D eigenvalue weighted by Gasteiger charge is -2.10. The molecular formula is C20H22N2O3. The Morgan fingerprint density at radius 1 is 1.04 bits per heavy atom. The molecule has 2 amide bonds. The second-order valence-corrected chi connectivity index (χ2v) is 5.71. The fourth-order valence-corrected chi connectivity index (χ4v) is 2.06. The Kier molecular flexibility index (Phi) is 6.34. The third-order valence-corrected chi connectivity index (χ3v) is 3.31. The molecule has 0 saturated heterocycles. The van der Waals surface area contributed by atoms with E-state index >= 15 is 0 Å². The molecule has 130 valence electrons. The minimum atomic E-state index is -0.250. The Bertz CT molecular complexity index is 784. The van der Waals surface area contributed by atoms with Gasteiger partial charge in [-0.15, -0.1) is 0 Å². The van der Waals surface area contributed by atoms with Crippen LogP contribution in [0.3, 0.4) is 0 Å². The minimum absolute atomic E-state index is 0.0779. The zero-order chi connectivity index (χ0) is 18.2. The summed E-state index contributed by atoms with van der Waals surface area (Å²) in [6.45, 7) is 7.85. The van der Waals surface area contributed by atoms with Crippen LogP contribution in [0.25, 0.3) is 0 Å². The molecule has 0 heterocycles. The summed E-state index contributed by atoms with van der Waals surface area (Å²) in [7, 11) is 0. The van der Waals surface area contributed by atoms with Gasteiger partial charge in [0.25, 0.3) is 5.91 Å². The van der Waals surface area contributed by atoms with E-state index < -0.39 is 0 Å². The van der Waals surface area contributed by atoms with Crippen molar-refractivity contribution in [3.63, 3.8) is 0 Å². The Labute approximate surface area is 147 Å². The van der Waals surface area contributed by atoms with Crippen LogP contribution in [0.15, 0.2) is 60.7 Å². The Morgan fingerprint density at radius 3 is 2.40 bits per heavy atom. The van der Waals surface area contributed by atoms with Crippen LogP contribution < -0.4 is 15.4 Å². The van der Waals surface area contributed by atoms with Gasteiger partial charge in [-0.3, -0.25) is 9.59 Å². The predicted octanol–water partition coefficient (Wildman–Crippen LogP) is 4.24. The fraction of sp³-hybridized carbons (Fsp3) is 0.200. The maximum absolute atomic E-state index is 12.4. The topological polar surface area (TPSA) is 67.4 Å². The van der Waals surface area contributed by atoms with E-state index in [9.17, 15) is 9.59 Å². The Balaban J connectivity index is 2.06. The number of hydrogen-bond donors (Lipinski definition) is 2. The largest absolute Gasteiger partial charge is 0.489 e. The van der Waals surface area contributed by atoms with Gasteiger partial charge in [-0.2, -0.15) is 0 Å². The highest BCUT2D eigenvalue weighted by Crippen LogP contribution is 2.18. The van der Waals surface area contributed by atoms with E-state index in [0.29, 0.717) is 35.7 Å². The number of carbonyl (C=O) groups excluding carboxylic acids is 2. The molecule has 25 heavy (non-hydrogen) atoms. The van der Waals surface area contributed by atoms with Crippen molar-refractivity contribution in [3.05, 3.63) is 66.2 Å². The van der Waals surface area contributed by atoms with Gasteiger partial charge in [-0.1, -0.05) is 25.6 Å². The van der Waals surface area contributed by atoms with Gasteiger partial charge in [0.05, 0.1) is 0 Å². The number of ether oxygens (including phenoxy) is 1. The Morgan fingerprint density at radius 2 is 1.72 bits per heavy atom. The molecule has 2 aromatic carbocycles. The maximum atomic E-state index is 12.4. The average Bonchev–Trinajstić information content (AvgIpc) is 2.60. The third kappa shape index (κ3) is 5.80. The van der Waals surface area contributed by atoms with E-state index in [4.69, 9.17) is 4.74 Å². The van der Waals surface area contributed by atoms with Gasteiger partial charge in [0.15, 0.2) is 0 Å². The highest BCUT2D eigenvalue weighted by Gasteiger charge is 2.08. The second kappa shape index (κ2) is 8.68. The van der Waals surface area contributed by atoms with Crippen LogP contribution >= 0.6 is 0 Å². The molecule has 0 fully saturated rings. The maximum Gasteiger partial charge on any atom is 0.255 e. The molecule has 0 atom stereocenters. The molecule has 0 aliphatic heterocycles. The van der Waals surface area contributed by atoms with Crippen molar-refractivity contribution in [2.45, 2.75) is 20.3 Å².